The summed E-state index contributed by atoms with van der Waals surface area (Å²) in [7, 11) is 0. The number of nitrogens with zero attached hydrogens (tertiary/aromatic N) is 3. The van der Waals surface area contributed by atoms with E-state index in [0.717, 1.165) is 17.0 Å². The molecule has 32 heavy (non-hydrogen) atoms. The van der Waals surface area contributed by atoms with Crippen LogP contribution in [0.3, 0.4) is 0 Å². The van der Waals surface area contributed by atoms with Gasteiger partial charge in [0.15, 0.2) is 22.5 Å². The highest BCUT2D eigenvalue weighted by Gasteiger charge is 2.24. The highest BCUT2D eigenvalue weighted by atomic mass is 32.2. The molecule has 0 aliphatic carbocycles. The molecule has 0 radical (unpaired) electrons. The van der Waals surface area contributed by atoms with E-state index in [0.29, 0.717) is 28.4 Å². The van der Waals surface area contributed by atoms with Gasteiger partial charge < -0.3 is 14.3 Å². The van der Waals surface area contributed by atoms with E-state index in [9.17, 15) is 9.59 Å². The SMILES string of the molecule is CCn1c(SC(C)C(=O)Nc2c(C(C)=O)oc3ccccc23)nnc1-c1cccc(C)c1. The number of carbonyl (C=O) groups is 2. The Bertz CT molecular complexity index is 1310. The Kier molecular flexibility index (Phi) is 6.14. The number of benzene rings is 2. The molecular weight excluding hydrogens is 424 g/mol. The first-order valence-corrected chi connectivity index (χ1v) is 11.3. The van der Waals surface area contributed by atoms with Gasteiger partial charge in [-0.2, -0.15) is 0 Å². The van der Waals surface area contributed by atoms with Crippen LogP contribution in [0.2, 0.25) is 0 Å². The lowest BCUT2D eigenvalue weighted by Gasteiger charge is -2.13. The van der Waals surface area contributed by atoms with Gasteiger partial charge in [0.05, 0.1) is 10.9 Å². The number of ketones is 1. The number of rotatable bonds is 7. The van der Waals surface area contributed by atoms with E-state index in [1.54, 1.807) is 13.0 Å². The third-order valence-electron chi connectivity index (χ3n) is 5.12. The van der Waals surface area contributed by atoms with Gasteiger partial charge in [0.25, 0.3) is 0 Å². The van der Waals surface area contributed by atoms with E-state index in [2.05, 4.69) is 21.6 Å². The third kappa shape index (κ3) is 4.18. The summed E-state index contributed by atoms with van der Waals surface area (Å²) in [5, 5.41) is 12.5. The Morgan fingerprint density at radius 1 is 1.16 bits per heavy atom. The number of furan rings is 1. The topological polar surface area (TPSA) is 90.0 Å². The van der Waals surface area contributed by atoms with Crippen molar-refractivity contribution < 1.29 is 14.0 Å². The number of hydrogen-bond donors (Lipinski definition) is 1. The first-order chi connectivity index (χ1) is 15.4. The Hall–Kier alpha value is -3.39. The zero-order valence-corrected chi connectivity index (χ0v) is 19.2. The number of amides is 1. The fourth-order valence-electron chi connectivity index (χ4n) is 3.51. The van der Waals surface area contributed by atoms with E-state index in [4.69, 9.17) is 4.42 Å². The van der Waals surface area contributed by atoms with Crippen LogP contribution < -0.4 is 5.32 Å². The summed E-state index contributed by atoms with van der Waals surface area (Å²) in [6, 6.07) is 15.3. The molecule has 1 amide bonds. The predicted octanol–water partition coefficient (Wildman–Crippen LogP) is 5.34. The molecule has 4 rings (SSSR count). The smallest absolute Gasteiger partial charge is 0.237 e. The largest absolute Gasteiger partial charge is 0.451 e. The number of nitrogens with one attached hydrogen (secondary N) is 1. The van der Waals surface area contributed by atoms with Crippen molar-refractivity contribution in [1.29, 1.82) is 0 Å². The van der Waals surface area contributed by atoms with E-state index in [-0.39, 0.29) is 17.5 Å². The molecule has 8 heteroatoms. The molecule has 0 saturated heterocycles. The molecule has 0 bridgehead atoms. The zero-order chi connectivity index (χ0) is 22.8. The number of carbonyl (C=O) groups excluding carboxylic acids is 2. The van der Waals surface area contributed by atoms with Gasteiger partial charge >= 0.3 is 0 Å². The second-order valence-electron chi connectivity index (χ2n) is 7.53. The molecule has 0 aliphatic heterocycles. The van der Waals surface area contributed by atoms with Gasteiger partial charge in [-0.15, -0.1) is 10.2 Å². The molecular formula is C24H24N4O3S. The zero-order valence-electron chi connectivity index (χ0n) is 18.4. The molecule has 7 nitrogen and oxygen atoms in total. The van der Waals surface area contributed by atoms with Crippen molar-refractivity contribution in [2.75, 3.05) is 5.32 Å². The number of anilines is 1. The number of para-hydroxylation sites is 1. The molecule has 0 spiro atoms. The molecule has 0 fully saturated rings. The molecule has 4 aromatic rings. The summed E-state index contributed by atoms with van der Waals surface area (Å²) in [5.41, 5.74) is 3.09. The molecule has 2 aromatic carbocycles. The minimum absolute atomic E-state index is 0.148. The fourth-order valence-corrected chi connectivity index (χ4v) is 4.43. The predicted molar refractivity (Wildman–Crippen MR) is 126 cm³/mol. The molecule has 0 saturated carbocycles. The van der Waals surface area contributed by atoms with Crippen LogP contribution in [0.5, 0.6) is 0 Å². The molecule has 1 unspecified atom stereocenters. The maximum absolute atomic E-state index is 13.0. The van der Waals surface area contributed by atoms with Crippen LogP contribution in [-0.4, -0.2) is 31.7 Å². The second kappa shape index (κ2) is 9.00. The molecule has 2 heterocycles. The van der Waals surface area contributed by atoms with Gasteiger partial charge in [0.1, 0.15) is 5.58 Å². The number of Topliss-reactive ketones (excluding diaryl/α,β-unsaturated/α-hetero) is 1. The van der Waals surface area contributed by atoms with Gasteiger partial charge in [0, 0.05) is 24.4 Å². The van der Waals surface area contributed by atoms with Crippen molar-refractivity contribution in [3.63, 3.8) is 0 Å². The minimum atomic E-state index is -0.469. The lowest BCUT2D eigenvalue weighted by atomic mass is 10.1. The van der Waals surface area contributed by atoms with Gasteiger partial charge in [0.2, 0.25) is 5.91 Å². The van der Waals surface area contributed by atoms with Crippen LogP contribution in [0, 0.1) is 6.92 Å². The lowest BCUT2D eigenvalue weighted by Crippen LogP contribution is -2.23. The van der Waals surface area contributed by atoms with E-state index >= 15 is 0 Å². The van der Waals surface area contributed by atoms with Gasteiger partial charge in [-0.1, -0.05) is 47.7 Å². The Balaban J connectivity index is 1.57. The number of aromatic nitrogens is 3. The number of hydrogen-bond acceptors (Lipinski definition) is 6. The first kappa shape index (κ1) is 21.8. The van der Waals surface area contributed by atoms with Crippen LogP contribution in [-0.2, 0) is 11.3 Å². The monoisotopic (exact) mass is 448 g/mol. The summed E-state index contributed by atoms with van der Waals surface area (Å²) >= 11 is 1.33. The Morgan fingerprint density at radius 2 is 1.94 bits per heavy atom. The first-order valence-electron chi connectivity index (χ1n) is 10.4. The normalized spacial score (nSPS) is 12.1. The Labute approximate surface area is 190 Å². The van der Waals surface area contributed by atoms with Crippen molar-refractivity contribution in [3.05, 3.63) is 59.9 Å². The quantitative estimate of drug-likeness (QED) is 0.303. The third-order valence-corrected chi connectivity index (χ3v) is 6.20. The molecule has 164 valence electrons. The number of aryl methyl sites for hydroxylation is 1. The summed E-state index contributed by atoms with van der Waals surface area (Å²) in [6.07, 6.45) is 0. The van der Waals surface area contributed by atoms with Crippen molar-refractivity contribution >= 4 is 40.1 Å². The maximum Gasteiger partial charge on any atom is 0.237 e. The van der Waals surface area contributed by atoms with E-state index in [1.807, 2.05) is 54.8 Å². The van der Waals surface area contributed by atoms with Gasteiger partial charge in [-0.25, -0.2) is 0 Å². The van der Waals surface area contributed by atoms with Crippen molar-refractivity contribution in [2.24, 2.45) is 0 Å². The fraction of sp³-hybridized carbons (Fsp3) is 0.250. The summed E-state index contributed by atoms with van der Waals surface area (Å²) in [4.78, 5) is 25.1. The van der Waals surface area contributed by atoms with Crippen LogP contribution in [0.15, 0.2) is 58.1 Å². The Morgan fingerprint density at radius 3 is 2.66 bits per heavy atom. The standard InChI is InChI=1S/C24H24N4O3S/c1-5-28-22(17-10-8-9-14(2)13-17)26-27-24(28)32-16(4)23(30)25-20-18-11-6-7-12-19(18)31-21(20)15(3)29/h6-13,16H,5H2,1-4H3,(H,25,30). The molecule has 2 aromatic heterocycles. The molecule has 0 aliphatic rings. The second-order valence-corrected chi connectivity index (χ2v) is 8.84. The highest BCUT2D eigenvalue weighted by molar-refractivity contribution is 8.00. The summed E-state index contributed by atoms with van der Waals surface area (Å²) < 4.78 is 7.66. The molecule has 1 N–H and O–H groups in total. The average molecular weight is 449 g/mol. The molecule has 1 atom stereocenters. The number of thioether (sulfide) groups is 1. The highest BCUT2D eigenvalue weighted by Crippen LogP contribution is 2.33. The van der Waals surface area contributed by atoms with Crippen molar-refractivity contribution in [2.45, 2.75) is 44.6 Å². The lowest BCUT2D eigenvalue weighted by molar-refractivity contribution is -0.115. The minimum Gasteiger partial charge on any atom is -0.451 e. The summed E-state index contributed by atoms with van der Waals surface area (Å²) in [6.45, 7) is 7.95. The average Bonchev–Trinajstić information content (AvgIpc) is 3.35. The van der Waals surface area contributed by atoms with E-state index in [1.165, 1.54) is 18.7 Å². The van der Waals surface area contributed by atoms with Crippen LogP contribution in [0.1, 0.15) is 36.9 Å². The van der Waals surface area contributed by atoms with Crippen LogP contribution >= 0.6 is 11.8 Å². The van der Waals surface area contributed by atoms with Crippen molar-refractivity contribution in [3.8, 4) is 11.4 Å². The number of fused-ring (bicyclic) bond motifs is 1. The maximum atomic E-state index is 13.0. The van der Waals surface area contributed by atoms with E-state index < -0.39 is 5.25 Å². The van der Waals surface area contributed by atoms with Crippen LogP contribution in [0.25, 0.3) is 22.4 Å². The van der Waals surface area contributed by atoms with Gasteiger partial charge in [-0.3, -0.25) is 9.59 Å². The van der Waals surface area contributed by atoms with Gasteiger partial charge in [-0.05, 0) is 39.0 Å². The summed E-state index contributed by atoms with van der Waals surface area (Å²) in [5.74, 6) is 0.429. The van der Waals surface area contributed by atoms with Crippen molar-refractivity contribution in [1.82, 2.24) is 14.8 Å². The van der Waals surface area contributed by atoms with Crippen LogP contribution in [0.4, 0.5) is 5.69 Å².